The molecule has 0 atom stereocenters. The van der Waals surface area contributed by atoms with Crippen LogP contribution in [0, 0.1) is 11.6 Å². The number of carbonyl (C=O) groups is 1. The fourth-order valence-corrected chi connectivity index (χ4v) is 1.95. The molecule has 0 radical (unpaired) electrons. The standard InChI is InChI=1S/C8H5ClF2O3S/c1-4(12)7-5(10)2-3-6(8(7)11)15(9,13)14/h2-3H,1H3. The molecule has 0 heterocycles. The van der Waals surface area contributed by atoms with E-state index in [-0.39, 0.29) is 0 Å². The van der Waals surface area contributed by atoms with Crippen LogP contribution in [0.25, 0.3) is 0 Å². The molecule has 1 rings (SSSR count). The third-order valence-corrected chi connectivity index (χ3v) is 3.01. The molecule has 3 nitrogen and oxygen atoms in total. The van der Waals surface area contributed by atoms with Crippen LogP contribution in [0.3, 0.4) is 0 Å². The lowest BCUT2D eigenvalue weighted by molar-refractivity contribution is 0.100. The Kier molecular flexibility index (Phi) is 3.11. The van der Waals surface area contributed by atoms with Gasteiger partial charge < -0.3 is 0 Å². The minimum absolute atomic E-state index is 0.666. The number of hydrogen-bond donors (Lipinski definition) is 0. The number of halogens is 3. The first kappa shape index (κ1) is 12.1. The smallest absolute Gasteiger partial charge is 0.264 e. The largest absolute Gasteiger partial charge is 0.294 e. The number of hydrogen-bond acceptors (Lipinski definition) is 3. The highest BCUT2D eigenvalue weighted by atomic mass is 35.7. The van der Waals surface area contributed by atoms with E-state index in [9.17, 15) is 22.0 Å². The average molecular weight is 255 g/mol. The van der Waals surface area contributed by atoms with Gasteiger partial charge in [0.2, 0.25) is 0 Å². The first-order chi connectivity index (χ1) is 6.75. The van der Waals surface area contributed by atoms with Gasteiger partial charge in [0.25, 0.3) is 9.05 Å². The summed E-state index contributed by atoms with van der Waals surface area (Å²) in [5.74, 6) is -3.49. The number of carbonyl (C=O) groups excluding carboxylic acids is 1. The van der Waals surface area contributed by atoms with Crippen molar-refractivity contribution in [1.29, 1.82) is 0 Å². The van der Waals surface area contributed by atoms with Gasteiger partial charge in [0.05, 0.1) is 5.56 Å². The maximum Gasteiger partial charge on any atom is 0.264 e. The van der Waals surface area contributed by atoms with Crippen LogP contribution in [0.4, 0.5) is 8.78 Å². The van der Waals surface area contributed by atoms with Crippen molar-refractivity contribution in [2.45, 2.75) is 11.8 Å². The van der Waals surface area contributed by atoms with Crippen molar-refractivity contribution in [3.8, 4) is 0 Å². The molecule has 0 fully saturated rings. The van der Waals surface area contributed by atoms with Gasteiger partial charge in [0, 0.05) is 10.7 Å². The van der Waals surface area contributed by atoms with Crippen LogP contribution < -0.4 is 0 Å². The molecule has 0 aliphatic rings. The third-order valence-electron chi connectivity index (χ3n) is 1.67. The highest BCUT2D eigenvalue weighted by Gasteiger charge is 2.23. The Balaban J connectivity index is 3.64. The van der Waals surface area contributed by atoms with Crippen LogP contribution in [-0.4, -0.2) is 14.2 Å². The Morgan fingerprint density at radius 2 is 1.87 bits per heavy atom. The van der Waals surface area contributed by atoms with Crippen LogP contribution in [0.1, 0.15) is 17.3 Å². The van der Waals surface area contributed by atoms with Crippen molar-refractivity contribution in [1.82, 2.24) is 0 Å². The predicted molar refractivity (Wildman–Crippen MR) is 49.4 cm³/mol. The lowest BCUT2D eigenvalue weighted by Gasteiger charge is -2.04. The quantitative estimate of drug-likeness (QED) is 0.600. The van der Waals surface area contributed by atoms with Gasteiger partial charge in [-0.2, -0.15) is 0 Å². The Labute approximate surface area is 89.1 Å². The summed E-state index contributed by atoms with van der Waals surface area (Å²) in [6, 6.07) is 1.34. The monoisotopic (exact) mass is 254 g/mol. The van der Waals surface area contributed by atoms with Gasteiger partial charge >= 0.3 is 0 Å². The zero-order chi connectivity index (χ0) is 11.8. The second-order valence-corrected chi connectivity index (χ2v) is 5.26. The zero-order valence-corrected chi connectivity index (χ0v) is 8.99. The Bertz CT molecular complexity index is 525. The topological polar surface area (TPSA) is 51.2 Å². The van der Waals surface area contributed by atoms with Crippen LogP contribution in [-0.2, 0) is 9.05 Å². The minimum atomic E-state index is -4.33. The molecule has 82 valence electrons. The lowest BCUT2D eigenvalue weighted by Crippen LogP contribution is -2.06. The van der Waals surface area contributed by atoms with Crippen molar-refractivity contribution in [2.24, 2.45) is 0 Å². The van der Waals surface area contributed by atoms with Gasteiger partial charge in [0.1, 0.15) is 10.7 Å². The Hall–Kier alpha value is -1.01. The summed E-state index contributed by atoms with van der Waals surface area (Å²) in [4.78, 5) is 9.94. The van der Waals surface area contributed by atoms with E-state index in [0.29, 0.717) is 12.1 Å². The van der Waals surface area contributed by atoms with Crippen molar-refractivity contribution in [2.75, 3.05) is 0 Å². The Morgan fingerprint density at radius 3 is 2.27 bits per heavy atom. The van der Waals surface area contributed by atoms with Crippen molar-refractivity contribution < 1.29 is 22.0 Å². The molecular weight excluding hydrogens is 250 g/mol. The summed E-state index contributed by atoms with van der Waals surface area (Å²) < 4.78 is 48.0. The average Bonchev–Trinajstić information content (AvgIpc) is 2.00. The van der Waals surface area contributed by atoms with Gasteiger partial charge in [0.15, 0.2) is 11.6 Å². The maximum atomic E-state index is 13.4. The van der Waals surface area contributed by atoms with E-state index in [4.69, 9.17) is 10.7 Å². The lowest BCUT2D eigenvalue weighted by atomic mass is 10.1. The number of ketones is 1. The second-order valence-electron chi connectivity index (χ2n) is 2.73. The fraction of sp³-hybridized carbons (Fsp3) is 0.125. The summed E-state index contributed by atoms with van der Waals surface area (Å²) in [6.07, 6.45) is 0. The first-order valence-electron chi connectivity index (χ1n) is 3.68. The third kappa shape index (κ3) is 2.32. The molecule has 15 heavy (non-hydrogen) atoms. The number of benzene rings is 1. The van der Waals surface area contributed by atoms with E-state index in [1.165, 1.54) is 0 Å². The molecule has 0 aromatic heterocycles. The van der Waals surface area contributed by atoms with E-state index >= 15 is 0 Å². The van der Waals surface area contributed by atoms with E-state index in [0.717, 1.165) is 6.92 Å². The van der Waals surface area contributed by atoms with Gasteiger partial charge in [-0.15, -0.1) is 0 Å². The van der Waals surface area contributed by atoms with E-state index in [1.807, 2.05) is 0 Å². The van der Waals surface area contributed by atoms with Crippen LogP contribution >= 0.6 is 10.7 Å². The summed E-state index contributed by atoms with van der Waals surface area (Å²) in [6.45, 7) is 0.923. The zero-order valence-electron chi connectivity index (χ0n) is 7.42. The van der Waals surface area contributed by atoms with Crippen LogP contribution in [0.15, 0.2) is 17.0 Å². The molecule has 0 saturated heterocycles. The van der Waals surface area contributed by atoms with Crippen molar-refractivity contribution in [3.05, 3.63) is 29.3 Å². The molecule has 0 saturated carbocycles. The highest BCUT2D eigenvalue weighted by molar-refractivity contribution is 8.13. The molecular formula is C8H5ClF2O3S. The van der Waals surface area contributed by atoms with Crippen molar-refractivity contribution in [3.63, 3.8) is 0 Å². The molecule has 0 spiro atoms. The number of Topliss-reactive ketones (excluding diaryl/α,β-unsaturated/α-hetero) is 1. The normalized spacial score (nSPS) is 11.5. The summed E-state index contributed by atoms with van der Waals surface area (Å²) >= 11 is 0. The van der Waals surface area contributed by atoms with Crippen LogP contribution in [0.5, 0.6) is 0 Å². The Morgan fingerprint density at radius 1 is 1.33 bits per heavy atom. The highest BCUT2D eigenvalue weighted by Crippen LogP contribution is 2.23. The predicted octanol–water partition coefficient (Wildman–Crippen LogP) is 2.09. The SMILES string of the molecule is CC(=O)c1c(F)ccc(S(=O)(=O)Cl)c1F. The molecule has 1 aromatic carbocycles. The fourth-order valence-electron chi connectivity index (χ4n) is 1.04. The second kappa shape index (κ2) is 3.86. The molecule has 0 unspecified atom stereocenters. The van der Waals surface area contributed by atoms with E-state index in [2.05, 4.69) is 0 Å². The molecule has 7 heteroatoms. The minimum Gasteiger partial charge on any atom is -0.294 e. The maximum absolute atomic E-state index is 13.4. The summed E-state index contributed by atoms with van der Waals surface area (Å²) in [5.41, 5.74) is -0.906. The molecule has 0 amide bonds. The van der Waals surface area contributed by atoms with Gasteiger partial charge in [-0.25, -0.2) is 17.2 Å². The summed E-state index contributed by atoms with van der Waals surface area (Å²) in [5, 5.41) is 0. The van der Waals surface area contributed by atoms with Crippen molar-refractivity contribution >= 4 is 25.5 Å². The van der Waals surface area contributed by atoms with Gasteiger partial charge in [-0.3, -0.25) is 4.79 Å². The first-order valence-corrected chi connectivity index (χ1v) is 5.99. The molecule has 1 aromatic rings. The molecule has 0 N–H and O–H groups in total. The van der Waals surface area contributed by atoms with E-state index in [1.54, 1.807) is 0 Å². The summed E-state index contributed by atoms with van der Waals surface area (Å²) in [7, 11) is 0.563. The van der Waals surface area contributed by atoms with Crippen LogP contribution in [0.2, 0.25) is 0 Å². The van der Waals surface area contributed by atoms with Gasteiger partial charge in [-0.05, 0) is 19.1 Å². The van der Waals surface area contributed by atoms with E-state index < -0.39 is 36.9 Å². The molecule has 0 bridgehead atoms. The molecule has 0 aliphatic carbocycles. The number of rotatable bonds is 2. The van der Waals surface area contributed by atoms with Gasteiger partial charge in [-0.1, -0.05) is 0 Å². The molecule has 0 aliphatic heterocycles.